The molecule has 0 aliphatic carbocycles. The molecule has 1 aromatic heterocycles. The molecular formula is C16H11ClN6O2. The van der Waals surface area contributed by atoms with Crippen LogP contribution in [-0.2, 0) is 4.79 Å². The van der Waals surface area contributed by atoms with Gasteiger partial charge in [-0.1, -0.05) is 11.6 Å². The number of phenols is 1. The van der Waals surface area contributed by atoms with Crippen LogP contribution in [0.1, 0.15) is 7.20 Å². The summed E-state index contributed by atoms with van der Waals surface area (Å²) in [6, 6.07) is 9.66. The van der Waals surface area contributed by atoms with Gasteiger partial charge in [-0.05, 0) is 52.9 Å². The summed E-state index contributed by atoms with van der Waals surface area (Å²) >= 11 is 6.03. The number of carbonyl (C=O) groups excluding carboxylic acids is 1. The van der Waals surface area contributed by atoms with Gasteiger partial charge in [-0.3, -0.25) is 4.79 Å². The van der Waals surface area contributed by atoms with Crippen molar-refractivity contribution in [2.75, 3.05) is 10.6 Å². The fraction of sp³-hybridized carbons (Fsp3) is 0. The van der Waals surface area contributed by atoms with Gasteiger partial charge in [-0.2, -0.15) is 4.68 Å². The highest BCUT2D eigenvalue weighted by atomic mass is 35.5. The molecule has 1 amide bonds. The average molecular weight is 359 g/mol. The number of anilines is 2. The topological polar surface area (TPSA) is 105 Å². The van der Waals surface area contributed by atoms with Crippen LogP contribution in [0.5, 0.6) is 5.75 Å². The highest BCUT2D eigenvalue weighted by molar-refractivity contribution is 6.31. The molecule has 1 aliphatic heterocycles. The average Bonchev–Trinajstić information content (AvgIpc) is 3.22. The number of amides is 1. The first kappa shape index (κ1) is 11.2. The number of hydrogen-bond acceptors (Lipinski definition) is 6. The van der Waals surface area contributed by atoms with Gasteiger partial charge in [-0.25, -0.2) is 0 Å². The van der Waals surface area contributed by atoms with E-state index in [0.717, 1.165) is 5.31 Å². The second-order valence-electron chi connectivity index (χ2n) is 5.04. The van der Waals surface area contributed by atoms with E-state index in [-0.39, 0.29) is 28.6 Å². The normalized spacial score (nSPS) is 16.6. The third-order valence-corrected chi connectivity index (χ3v) is 3.61. The molecule has 1 aliphatic rings. The summed E-state index contributed by atoms with van der Waals surface area (Å²) < 4.78 is 33.0. The number of aromatic nitrogens is 4. The van der Waals surface area contributed by atoms with Gasteiger partial charge in [0.05, 0.1) is 18.4 Å². The summed E-state index contributed by atoms with van der Waals surface area (Å²) in [6.45, 7) is 0. The molecule has 8 nitrogen and oxygen atoms in total. The number of carbonyl (C=O) groups is 1. The number of rotatable bonds is 3. The summed E-state index contributed by atoms with van der Waals surface area (Å²) in [4.78, 5) is 12.8. The van der Waals surface area contributed by atoms with Crippen LogP contribution in [0.4, 0.5) is 11.4 Å². The van der Waals surface area contributed by atoms with Crippen molar-refractivity contribution in [2.45, 2.75) is 0 Å². The Labute approximate surface area is 152 Å². The molecule has 0 saturated heterocycles. The van der Waals surface area contributed by atoms with Crippen LogP contribution in [0.15, 0.2) is 48.5 Å². The molecule has 124 valence electrons. The van der Waals surface area contributed by atoms with E-state index in [1.807, 2.05) is 0 Å². The Morgan fingerprint density at radius 2 is 2.28 bits per heavy atom. The van der Waals surface area contributed by atoms with E-state index >= 15 is 0 Å². The fourth-order valence-electron chi connectivity index (χ4n) is 2.28. The molecule has 25 heavy (non-hydrogen) atoms. The number of nitrogens with zero attached hydrogens (tertiary/aromatic N) is 4. The zero-order valence-electron chi connectivity index (χ0n) is 16.4. The molecule has 0 saturated carbocycles. The van der Waals surface area contributed by atoms with Gasteiger partial charge in [0, 0.05) is 16.8 Å². The van der Waals surface area contributed by atoms with E-state index in [9.17, 15) is 4.79 Å². The second-order valence-corrected chi connectivity index (χ2v) is 5.48. The van der Waals surface area contributed by atoms with E-state index in [0.29, 0.717) is 16.0 Å². The van der Waals surface area contributed by atoms with Gasteiger partial charge in [0.25, 0.3) is 7.34 Å². The first-order chi connectivity index (χ1) is 13.9. The smallest absolute Gasteiger partial charge is 0.293 e. The van der Waals surface area contributed by atoms with Crippen LogP contribution in [0, 0.1) is 0 Å². The molecule has 4 rings (SSSR count). The number of hydrogen-bond donors (Lipinski definition) is 3. The lowest BCUT2D eigenvalue weighted by Gasteiger charge is -2.20. The van der Waals surface area contributed by atoms with E-state index < -0.39 is 12.0 Å². The number of halogens is 1. The van der Waals surface area contributed by atoms with Gasteiger partial charge in [0.1, 0.15) is 5.75 Å². The maximum atomic E-state index is 12.8. The highest BCUT2D eigenvalue weighted by Crippen LogP contribution is 2.32. The van der Waals surface area contributed by atoms with Crippen molar-refractivity contribution < 1.29 is 14.1 Å². The van der Waals surface area contributed by atoms with E-state index in [2.05, 4.69) is 20.6 Å². The van der Waals surface area contributed by atoms with Crippen molar-refractivity contribution in [1.29, 1.82) is 1.43 Å². The number of fused-ring (bicyclic) bond motifs is 3. The number of nitrogens with one attached hydrogen (secondary N) is 2. The van der Waals surface area contributed by atoms with Gasteiger partial charge in [0.15, 0.2) is 2.82 Å². The van der Waals surface area contributed by atoms with Crippen molar-refractivity contribution in [3.05, 3.63) is 59.4 Å². The van der Waals surface area contributed by atoms with Crippen LogP contribution in [0.2, 0.25) is 7.85 Å². The monoisotopic (exact) mass is 358 g/mol. The van der Waals surface area contributed by atoms with Gasteiger partial charge in [-0.15, -0.1) is 5.10 Å². The van der Waals surface area contributed by atoms with E-state index in [1.165, 1.54) is 35.0 Å². The van der Waals surface area contributed by atoms with E-state index in [4.69, 9.17) is 17.2 Å². The van der Waals surface area contributed by atoms with Crippen molar-refractivity contribution in [2.24, 2.45) is 0 Å². The zero-order valence-corrected chi connectivity index (χ0v) is 13.2. The van der Waals surface area contributed by atoms with Crippen LogP contribution in [-0.4, -0.2) is 32.7 Å². The summed E-state index contributed by atoms with van der Waals surface area (Å²) in [7, 11) is 0. The Hall–Kier alpha value is -3.39. The van der Waals surface area contributed by atoms with Crippen molar-refractivity contribution >= 4 is 34.6 Å². The largest absolute Gasteiger partial charge is 0.508 e. The second kappa shape index (κ2) is 5.91. The molecule has 0 fully saturated rings. The Kier molecular flexibility index (Phi) is 2.65. The van der Waals surface area contributed by atoms with Gasteiger partial charge >= 0.3 is 0 Å². The van der Waals surface area contributed by atoms with Crippen LogP contribution < -0.4 is 10.6 Å². The van der Waals surface area contributed by atoms with Crippen LogP contribution in [0.3, 0.4) is 0 Å². The lowest BCUT2D eigenvalue weighted by atomic mass is 10.2. The minimum Gasteiger partial charge on any atom is -0.508 e. The predicted molar refractivity (Wildman–Crippen MR) is 92.5 cm³/mol. The zero-order chi connectivity index (χ0) is 20.7. The molecule has 2 heterocycles. The van der Waals surface area contributed by atoms with Crippen LogP contribution in [0.25, 0.3) is 11.4 Å². The Morgan fingerprint density at radius 1 is 1.44 bits per heavy atom. The molecule has 2 aromatic carbocycles. The molecule has 0 radical (unpaired) electrons. The molecule has 0 unspecified atom stereocenters. The maximum absolute atomic E-state index is 12.8. The Morgan fingerprint density at radius 3 is 3.08 bits per heavy atom. The number of tetrazole rings is 1. The lowest BCUT2D eigenvalue weighted by molar-refractivity contribution is -0.111. The first-order valence-electron chi connectivity index (χ1n) is 8.87. The molecule has 3 aromatic rings. The summed E-state index contributed by atoms with van der Waals surface area (Å²) in [6.07, 6.45) is 0. The molecule has 0 bridgehead atoms. The number of benzene rings is 2. The first-order valence-corrected chi connectivity index (χ1v) is 7.45. The summed E-state index contributed by atoms with van der Waals surface area (Å²) in [5.41, 5.74) is 0.690. The molecule has 9 heteroatoms. The van der Waals surface area contributed by atoms with Crippen molar-refractivity contribution in [3.8, 4) is 11.4 Å². The Balaban J connectivity index is 1.78. The van der Waals surface area contributed by atoms with Gasteiger partial charge < -0.3 is 15.7 Å². The SMILES string of the molecule is [2H]Oc1ccc(N([2H])C(=O)/C([2H])=C2/c3nnnn3-c3ccc(Cl)cc3N2[2H])cc1. The molecule has 0 atom stereocenters. The highest BCUT2D eigenvalue weighted by Gasteiger charge is 2.23. The lowest BCUT2D eigenvalue weighted by Crippen LogP contribution is -2.18. The molecule has 0 spiro atoms. The summed E-state index contributed by atoms with van der Waals surface area (Å²) in [5.74, 6) is -0.757. The summed E-state index contributed by atoms with van der Waals surface area (Å²) in [5, 5.41) is 17.3. The minimum absolute atomic E-state index is 0.0135. The standard InChI is InChI=1S/C16H11ClN6O2/c17-9-1-6-14-12(7-9)19-13(16-20-21-22-23(14)16)8-15(25)18-10-2-4-11(24)5-3-10/h1-8,19,24H,(H,18,25)/b13-8-/i8D/hD3. The third-order valence-electron chi connectivity index (χ3n) is 3.37. The third kappa shape index (κ3) is 2.90. The maximum Gasteiger partial charge on any atom is 0.293 e. The fourth-order valence-corrected chi connectivity index (χ4v) is 2.45. The van der Waals surface area contributed by atoms with Crippen molar-refractivity contribution in [1.82, 2.24) is 20.2 Å². The van der Waals surface area contributed by atoms with E-state index in [1.54, 1.807) is 12.1 Å². The van der Waals surface area contributed by atoms with Gasteiger partial charge in [0.2, 0.25) is 5.82 Å². The molecular weight excluding hydrogens is 344 g/mol. The molecule has 3 N–H and O–H groups in total. The van der Waals surface area contributed by atoms with Crippen molar-refractivity contribution in [3.63, 3.8) is 0 Å². The minimum atomic E-state index is -1.00. The quantitative estimate of drug-likeness (QED) is 0.490. The number of aromatic hydroxyl groups is 1. The van der Waals surface area contributed by atoms with Crippen LogP contribution >= 0.6 is 11.6 Å². The predicted octanol–water partition coefficient (Wildman–Crippen LogP) is 2.43. The Bertz CT molecular complexity index is 1140. The number of phenolic OH excluding ortho intramolecular Hbond substituents is 1.